The average Bonchev–Trinajstić information content (AvgIpc) is 2.60. The van der Waals surface area contributed by atoms with Gasteiger partial charge >= 0.3 is 5.97 Å². The molecule has 0 radical (unpaired) electrons. The van der Waals surface area contributed by atoms with Crippen LogP contribution in [0.25, 0.3) is 0 Å². The van der Waals surface area contributed by atoms with Crippen molar-refractivity contribution in [1.82, 2.24) is 0 Å². The van der Waals surface area contributed by atoms with Crippen LogP contribution in [-0.4, -0.2) is 11.1 Å². The number of hydrogen-bond donors (Lipinski definition) is 1. The molecule has 0 heterocycles. The molecule has 0 aromatic heterocycles. The summed E-state index contributed by atoms with van der Waals surface area (Å²) in [5.41, 5.74) is 1.02. The van der Waals surface area contributed by atoms with E-state index in [0.29, 0.717) is 5.92 Å². The van der Waals surface area contributed by atoms with Crippen molar-refractivity contribution in [2.45, 2.75) is 51.9 Å². The molecular formula is C14H22O2. The Hall–Kier alpha value is -0.790. The van der Waals surface area contributed by atoms with E-state index in [1.54, 1.807) is 0 Å². The van der Waals surface area contributed by atoms with Crippen LogP contribution in [0.15, 0.2) is 12.2 Å². The van der Waals surface area contributed by atoms with Crippen LogP contribution in [-0.2, 0) is 4.79 Å². The third kappa shape index (κ3) is 1.59. The zero-order chi connectivity index (χ0) is 11.8. The monoisotopic (exact) mass is 222 g/mol. The lowest BCUT2D eigenvalue weighted by Gasteiger charge is -2.44. The summed E-state index contributed by atoms with van der Waals surface area (Å²) in [4.78, 5) is 11.5. The zero-order valence-electron chi connectivity index (χ0n) is 10.2. The van der Waals surface area contributed by atoms with Crippen molar-refractivity contribution in [2.75, 3.05) is 0 Å². The minimum atomic E-state index is -0.634. The van der Waals surface area contributed by atoms with Gasteiger partial charge in [0.15, 0.2) is 0 Å². The molecule has 1 spiro atoms. The van der Waals surface area contributed by atoms with Crippen molar-refractivity contribution >= 4 is 5.97 Å². The molecule has 90 valence electrons. The lowest BCUT2D eigenvalue weighted by molar-refractivity contribution is -0.147. The van der Waals surface area contributed by atoms with Gasteiger partial charge in [-0.2, -0.15) is 0 Å². The van der Waals surface area contributed by atoms with Crippen molar-refractivity contribution in [3.63, 3.8) is 0 Å². The molecule has 3 atom stereocenters. The van der Waals surface area contributed by atoms with Crippen LogP contribution in [0, 0.1) is 17.3 Å². The first-order valence-corrected chi connectivity index (χ1v) is 6.52. The van der Waals surface area contributed by atoms with Crippen molar-refractivity contribution < 1.29 is 9.90 Å². The van der Waals surface area contributed by atoms with E-state index in [2.05, 4.69) is 13.5 Å². The highest BCUT2D eigenvalue weighted by molar-refractivity contribution is 5.75. The molecule has 2 heteroatoms. The quantitative estimate of drug-likeness (QED) is 0.724. The SMILES string of the molecule is C=C1CCCC2(CCCC2CC)C1C(=O)O. The fourth-order valence-corrected chi connectivity index (χ4v) is 4.25. The second-order valence-corrected chi connectivity index (χ2v) is 5.51. The first kappa shape index (κ1) is 11.7. The Morgan fingerprint density at radius 1 is 1.50 bits per heavy atom. The van der Waals surface area contributed by atoms with Gasteiger partial charge in [-0.3, -0.25) is 4.79 Å². The third-order valence-corrected chi connectivity index (χ3v) is 4.87. The minimum absolute atomic E-state index is 0.0515. The zero-order valence-corrected chi connectivity index (χ0v) is 10.2. The minimum Gasteiger partial charge on any atom is -0.481 e. The predicted octanol–water partition coefficient (Wildman–Crippen LogP) is 3.62. The van der Waals surface area contributed by atoms with Gasteiger partial charge in [-0.05, 0) is 43.4 Å². The Bertz CT molecular complexity index is 308. The van der Waals surface area contributed by atoms with Crippen LogP contribution in [0.5, 0.6) is 0 Å². The van der Waals surface area contributed by atoms with E-state index in [4.69, 9.17) is 0 Å². The smallest absolute Gasteiger partial charge is 0.311 e. The maximum Gasteiger partial charge on any atom is 0.311 e. The Labute approximate surface area is 97.7 Å². The van der Waals surface area contributed by atoms with Gasteiger partial charge < -0.3 is 5.11 Å². The topological polar surface area (TPSA) is 37.3 Å². The van der Waals surface area contributed by atoms with E-state index < -0.39 is 5.97 Å². The Balaban J connectivity index is 2.35. The largest absolute Gasteiger partial charge is 0.481 e. The fourth-order valence-electron chi connectivity index (χ4n) is 4.25. The Morgan fingerprint density at radius 2 is 2.19 bits per heavy atom. The van der Waals surface area contributed by atoms with Crippen LogP contribution < -0.4 is 0 Å². The van der Waals surface area contributed by atoms with Crippen LogP contribution in [0.3, 0.4) is 0 Å². The van der Waals surface area contributed by atoms with Gasteiger partial charge in [0.25, 0.3) is 0 Å². The normalized spacial score (nSPS) is 39.2. The number of carboxylic acids is 1. The van der Waals surface area contributed by atoms with E-state index in [1.807, 2.05) is 0 Å². The van der Waals surface area contributed by atoms with Crippen LogP contribution in [0.1, 0.15) is 51.9 Å². The number of carboxylic acid groups (broad SMARTS) is 1. The first-order valence-electron chi connectivity index (χ1n) is 6.52. The number of rotatable bonds is 2. The third-order valence-electron chi connectivity index (χ3n) is 4.87. The fraction of sp³-hybridized carbons (Fsp3) is 0.786. The molecule has 2 aliphatic rings. The molecule has 0 aliphatic heterocycles. The van der Waals surface area contributed by atoms with Crippen molar-refractivity contribution in [3.8, 4) is 0 Å². The van der Waals surface area contributed by atoms with Crippen LogP contribution >= 0.6 is 0 Å². The molecule has 0 saturated heterocycles. The molecule has 0 aromatic carbocycles. The lowest BCUT2D eigenvalue weighted by Crippen LogP contribution is -2.42. The van der Waals surface area contributed by atoms with Crippen molar-refractivity contribution in [1.29, 1.82) is 0 Å². The van der Waals surface area contributed by atoms with E-state index in [0.717, 1.165) is 37.7 Å². The summed E-state index contributed by atoms with van der Waals surface area (Å²) < 4.78 is 0. The highest BCUT2D eigenvalue weighted by atomic mass is 16.4. The second kappa shape index (κ2) is 4.23. The molecule has 3 unspecified atom stereocenters. The summed E-state index contributed by atoms with van der Waals surface area (Å²) in [7, 11) is 0. The Morgan fingerprint density at radius 3 is 2.81 bits per heavy atom. The predicted molar refractivity (Wildman–Crippen MR) is 64.2 cm³/mol. The van der Waals surface area contributed by atoms with Gasteiger partial charge in [-0.1, -0.05) is 31.9 Å². The van der Waals surface area contributed by atoms with Gasteiger partial charge in [-0.25, -0.2) is 0 Å². The van der Waals surface area contributed by atoms with Gasteiger partial charge in [0.2, 0.25) is 0 Å². The van der Waals surface area contributed by atoms with Gasteiger partial charge in [0, 0.05) is 0 Å². The van der Waals surface area contributed by atoms with E-state index in [1.165, 1.54) is 12.8 Å². The first-order chi connectivity index (χ1) is 7.62. The summed E-state index contributed by atoms with van der Waals surface area (Å²) >= 11 is 0. The average molecular weight is 222 g/mol. The molecule has 0 amide bonds. The molecule has 0 aromatic rings. The molecule has 2 rings (SSSR count). The number of hydrogen-bond acceptors (Lipinski definition) is 1. The number of aliphatic carboxylic acids is 1. The van der Waals surface area contributed by atoms with Crippen molar-refractivity contribution in [3.05, 3.63) is 12.2 Å². The summed E-state index contributed by atoms with van der Waals surface area (Å²) in [6.45, 7) is 6.23. The molecule has 0 bridgehead atoms. The molecule has 16 heavy (non-hydrogen) atoms. The highest BCUT2D eigenvalue weighted by Gasteiger charge is 2.52. The summed E-state index contributed by atoms with van der Waals surface area (Å²) in [5, 5.41) is 9.49. The standard InChI is InChI=1S/C14H22O2/c1-3-11-7-5-9-14(11)8-4-6-10(2)12(14)13(15)16/h11-12H,2-9H2,1H3,(H,15,16). The van der Waals surface area contributed by atoms with Gasteiger partial charge in [0.1, 0.15) is 0 Å². The highest BCUT2D eigenvalue weighted by Crippen LogP contribution is 2.58. The van der Waals surface area contributed by atoms with Crippen LogP contribution in [0.2, 0.25) is 0 Å². The maximum absolute atomic E-state index is 11.5. The van der Waals surface area contributed by atoms with Gasteiger partial charge in [0.05, 0.1) is 5.92 Å². The molecule has 2 aliphatic carbocycles. The van der Waals surface area contributed by atoms with E-state index in [-0.39, 0.29) is 11.3 Å². The molecule has 2 nitrogen and oxygen atoms in total. The Kier molecular flexibility index (Phi) is 3.09. The lowest BCUT2D eigenvalue weighted by atomic mass is 9.59. The maximum atomic E-state index is 11.5. The molecule has 2 saturated carbocycles. The molecule has 1 N–H and O–H groups in total. The van der Waals surface area contributed by atoms with Crippen LogP contribution in [0.4, 0.5) is 0 Å². The summed E-state index contributed by atoms with van der Waals surface area (Å²) in [5.74, 6) is -0.301. The summed E-state index contributed by atoms with van der Waals surface area (Å²) in [6.07, 6.45) is 7.79. The van der Waals surface area contributed by atoms with Gasteiger partial charge in [-0.15, -0.1) is 0 Å². The second-order valence-electron chi connectivity index (χ2n) is 5.51. The molecule has 2 fully saturated rings. The van der Waals surface area contributed by atoms with E-state index >= 15 is 0 Å². The number of carbonyl (C=O) groups is 1. The van der Waals surface area contributed by atoms with Crippen molar-refractivity contribution in [2.24, 2.45) is 17.3 Å². The summed E-state index contributed by atoms with van der Waals surface area (Å²) in [6, 6.07) is 0. The molecular weight excluding hydrogens is 200 g/mol. The van der Waals surface area contributed by atoms with E-state index in [9.17, 15) is 9.90 Å².